The SMILES string of the molecule is CC(C)(C)c1ccc(S(=O)(=O)N2Cc3cccc(N4CCNCC4)c3C2)cc1.Cl. The van der Waals surface area contributed by atoms with Crippen molar-refractivity contribution in [1.29, 1.82) is 0 Å². The van der Waals surface area contributed by atoms with E-state index in [2.05, 4.69) is 43.1 Å². The topological polar surface area (TPSA) is 52.7 Å². The van der Waals surface area contributed by atoms with Crippen molar-refractivity contribution in [1.82, 2.24) is 9.62 Å². The molecule has 0 spiro atoms. The van der Waals surface area contributed by atoms with Crippen LogP contribution in [0.1, 0.15) is 37.5 Å². The Morgan fingerprint density at radius 2 is 1.59 bits per heavy atom. The van der Waals surface area contributed by atoms with Gasteiger partial charge in [-0.2, -0.15) is 4.31 Å². The Bertz CT molecular complexity index is 963. The molecule has 0 amide bonds. The van der Waals surface area contributed by atoms with Crippen LogP contribution in [0.3, 0.4) is 0 Å². The van der Waals surface area contributed by atoms with Gasteiger partial charge in [-0.3, -0.25) is 0 Å². The molecule has 158 valence electrons. The van der Waals surface area contributed by atoms with Gasteiger partial charge in [-0.1, -0.05) is 45.0 Å². The van der Waals surface area contributed by atoms with E-state index in [0.29, 0.717) is 18.0 Å². The number of nitrogens with one attached hydrogen (secondary N) is 1. The largest absolute Gasteiger partial charge is 0.369 e. The molecule has 2 aliphatic rings. The zero-order valence-electron chi connectivity index (χ0n) is 17.3. The van der Waals surface area contributed by atoms with Crippen molar-refractivity contribution < 1.29 is 8.42 Å². The Hall–Kier alpha value is -1.60. The van der Waals surface area contributed by atoms with Crippen LogP contribution in [-0.2, 0) is 28.5 Å². The lowest BCUT2D eigenvalue weighted by molar-refractivity contribution is 0.431. The molecular formula is C22H30ClN3O2S. The molecule has 1 fully saturated rings. The smallest absolute Gasteiger partial charge is 0.243 e. The third-order valence-corrected chi connectivity index (χ3v) is 7.55. The molecule has 5 nitrogen and oxygen atoms in total. The Kier molecular flexibility index (Phi) is 6.30. The molecule has 4 rings (SSSR count). The highest BCUT2D eigenvalue weighted by Crippen LogP contribution is 2.35. The molecule has 1 saturated heterocycles. The van der Waals surface area contributed by atoms with Crippen LogP contribution in [0.15, 0.2) is 47.4 Å². The van der Waals surface area contributed by atoms with Gasteiger partial charge in [-0.15, -0.1) is 12.4 Å². The predicted octanol–water partition coefficient (Wildman–Crippen LogP) is 3.52. The van der Waals surface area contributed by atoms with Gasteiger partial charge in [0.2, 0.25) is 10.0 Å². The third kappa shape index (κ3) is 4.31. The first kappa shape index (κ1) is 22.1. The molecule has 2 aromatic rings. The summed E-state index contributed by atoms with van der Waals surface area (Å²) in [4.78, 5) is 2.74. The van der Waals surface area contributed by atoms with Gasteiger partial charge in [0.1, 0.15) is 0 Å². The maximum atomic E-state index is 13.3. The van der Waals surface area contributed by atoms with Gasteiger partial charge in [0.05, 0.1) is 4.90 Å². The number of sulfonamides is 1. The summed E-state index contributed by atoms with van der Waals surface area (Å²) in [6, 6.07) is 13.6. The summed E-state index contributed by atoms with van der Waals surface area (Å²) in [6.45, 7) is 11.1. The first-order valence-corrected chi connectivity index (χ1v) is 11.4. The number of nitrogens with zero attached hydrogens (tertiary/aromatic N) is 2. The third-order valence-electron chi connectivity index (χ3n) is 5.75. The fraction of sp³-hybridized carbons (Fsp3) is 0.455. The van der Waals surface area contributed by atoms with Crippen molar-refractivity contribution >= 4 is 28.1 Å². The Morgan fingerprint density at radius 3 is 2.21 bits per heavy atom. The number of benzene rings is 2. The van der Waals surface area contributed by atoms with Crippen LogP contribution in [0, 0.1) is 0 Å². The highest BCUT2D eigenvalue weighted by Gasteiger charge is 2.33. The maximum absolute atomic E-state index is 13.3. The number of halogens is 1. The molecule has 2 aromatic carbocycles. The van der Waals surface area contributed by atoms with Gasteiger partial charge in [0.25, 0.3) is 0 Å². The number of hydrogen-bond acceptors (Lipinski definition) is 4. The molecule has 0 aliphatic carbocycles. The van der Waals surface area contributed by atoms with E-state index in [0.717, 1.165) is 42.9 Å². The number of piperazine rings is 1. The summed E-state index contributed by atoms with van der Waals surface area (Å²) in [7, 11) is -3.51. The molecule has 0 bridgehead atoms. The normalized spacial score (nSPS) is 17.7. The summed E-state index contributed by atoms with van der Waals surface area (Å²) in [5.74, 6) is 0. The fourth-order valence-corrected chi connectivity index (χ4v) is 5.41. The molecule has 0 unspecified atom stereocenters. The Balaban J connectivity index is 0.00000240. The van der Waals surface area contributed by atoms with Crippen LogP contribution < -0.4 is 10.2 Å². The van der Waals surface area contributed by atoms with Crippen molar-refractivity contribution in [2.45, 2.75) is 44.2 Å². The summed E-state index contributed by atoms with van der Waals surface area (Å²) >= 11 is 0. The number of fused-ring (bicyclic) bond motifs is 1. The predicted molar refractivity (Wildman–Crippen MR) is 120 cm³/mol. The van der Waals surface area contributed by atoms with Crippen molar-refractivity contribution in [2.75, 3.05) is 31.1 Å². The molecule has 2 heterocycles. The van der Waals surface area contributed by atoms with E-state index in [-0.39, 0.29) is 17.8 Å². The zero-order valence-corrected chi connectivity index (χ0v) is 18.9. The number of hydrogen-bond donors (Lipinski definition) is 1. The monoisotopic (exact) mass is 435 g/mol. The van der Waals surface area contributed by atoms with Gasteiger partial charge in [-0.25, -0.2) is 8.42 Å². The van der Waals surface area contributed by atoms with E-state index in [1.807, 2.05) is 18.2 Å². The molecule has 29 heavy (non-hydrogen) atoms. The van der Waals surface area contributed by atoms with E-state index in [4.69, 9.17) is 0 Å². The molecule has 2 aliphatic heterocycles. The van der Waals surface area contributed by atoms with Crippen molar-refractivity contribution in [3.05, 3.63) is 59.2 Å². The molecular weight excluding hydrogens is 406 g/mol. The Labute approximate surface area is 180 Å². The molecule has 0 radical (unpaired) electrons. The van der Waals surface area contributed by atoms with Crippen molar-refractivity contribution in [2.24, 2.45) is 0 Å². The second kappa shape index (κ2) is 8.26. The van der Waals surface area contributed by atoms with E-state index in [1.54, 1.807) is 16.4 Å². The van der Waals surface area contributed by atoms with Crippen LogP contribution in [0.25, 0.3) is 0 Å². The quantitative estimate of drug-likeness (QED) is 0.801. The lowest BCUT2D eigenvalue weighted by Crippen LogP contribution is -2.43. The van der Waals surface area contributed by atoms with Crippen LogP contribution in [0.2, 0.25) is 0 Å². The van der Waals surface area contributed by atoms with Gasteiger partial charge in [-0.05, 0) is 40.3 Å². The van der Waals surface area contributed by atoms with Crippen LogP contribution >= 0.6 is 12.4 Å². The van der Waals surface area contributed by atoms with Gasteiger partial charge in [0.15, 0.2) is 0 Å². The average molecular weight is 436 g/mol. The maximum Gasteiger partial charge on any atom is 0.243 e. The molecule has 0 atom stereocenters. The van der Waals surface area contributed by atoms with Gasteiger partial charge < -0.3 is 10.2 Å². The average Bonchev–Trinajstić information content (AvgIpc) is 3.13. The highest BCUT2D eigenvalue weighted by molar-refractivity contribution is 7.89. The summed E-state index contributed by atoms with van der Waals surface area (Å²) in [6.07, 6.45) is 0. The van der Waals surface area contributed by atoms with Gasteiger partial charge in [0, 0.05) is 45.0 Å². The van der Waals surface area contributed by atoms with Crippen LogP contribution in [-0.4, -0.2) is 38.9 Å². The minimum atomic E-state index is -3.51. The number of rotatable bonds is 3. The van der Waals surface area contributed by atoms with Crippen molar-refractivity contribution in [3.8, 4) is 0 Å². The fourth-order valence-electron chi connectivity index (χ4n) is 4.02. The second-order valence-electron chi connectivity index (χ2n) is 8.70. The second-order valence-corrected chi connectivity index (χ2v) is 10.6. The lowest BCUT2D eigenvalue weighted by atomic mass is 9.87. The van der Waals surface area contributed by atoms with E-state index < -0.39 is 10.0 Å². The van der Waals surface area contributed by atoms with Crippen LogP contribution in [0.5, 0.6) is 0 Å². The molecule has 1 N–H and O–H groups in total. The van der Waals surface area contributed by atoms with E-state index in [9.17, 15) is 8.42 Å². The molecule has 0 aromatic heterocycles. The van der Waals surface area contributed by atoms with E-state index >= 15 is 0 Å². The van der Waals surface area contributed by atoms with Gasteiger partial charge >= 0.3 is 0 Å². The molecule has 7 heteroatoms. The summed E-state index contributed by atoms with van der Waals surface area (Å²) in [5, 5.41) is 3.37. The minimum absolute atomic E-state index is 0. The first-order valence-electron chi connectivity index (χ1n) is 9.94. The first-order chi connectivity index (χ1) is 13.3. The zero-order chi connectivity index (χ0) is 19.9. The summed E-state index contributed by atoms with van der Waals surface area (Å²) in [5.41, 5.74) is 4.59. The molecule has 0 saturated carbocycles. The highest BCUT2D eigenvalue weighted by atomic mass is 35.5. The standard InChI is InChI=1S/C22H29N3O2S.ClH/c1-22(2,3)18-7-9-19(10-8-18)28(26,27)25-15-17-5-4-6-21(20(17)16-25)24-13-11-23-12-14-24;/h4-10,23H,11-16H2,1-3H3;1H. The van der Waals surface area contributed by atoms with Crippen molar-refractivity contribution in [3.63, 3.8) is 0 Å². The summed E-state index contributed by atoms with van der Waals surface area (Å²) < 4.78 is 28.1. The van der Waals surface area contributed by atoms with Crippen LogP contribution in [0.4, 0.5) is 5.69 Å². The minimum Gasteiger partial charge on any atom is -0.369 e. The van der Waals surface area contributed by atoms with E-state index in [1.165, 1.54) is 5.69 Å². The Morgan fingerprint density at radius 1 is 0.931 bits per heavy atom. The lowest BCUT2D eigenvalue weighted by Gasteiger charge is -2.31. The number of anilines is 1.